The highest BCUT2D eigenvalue weighted by Gasteiger charge is 2.22. The van der Waals surface area contributed by atoms with Crippen LogP contribution in [0.3, 0.4) is 0 Å². The molecule has 0 saturated carbocycles. The Morgan fingerprint density at radius 3 is 2.76 bits per heavy atom. The third-order valence-corrected chi connectivity index (χ3v) is 4.88. The lowest BCUT2D eigenvalue weighted by Crippen LogP contribution is -2.35. The summed E-state index contributed by atoms with van der Waals surface area (Å²) in [5.74, 6) is 0. The van der Waals surface area contributed by atoms with E-state index in [-0.39, 0.29) is 10.8 Å². The van der Waals surface area contributed by atoms with Crippen molar-refractivity contribution in [3.63, 3.8) is 0 Å². The maximum Gasteiger partial charge on any atom is 0.111 e. The molecule has 2 heterocycles. The molecule has 0 aliphatic heterocycles. The van der Waals surface area contributed by atoms with Crippen LogP contribution in [-0.2, 0) is 17.5 Å². The summed E-state index contributed by atoms with van der Waals surface area (Å²) < 4.78 is 16.9. The Kier molecular flexibility index (Phi) is 4.78. The maximum absolute atomic E-state index is 12.2. The molecule has 0 aliphatic rings. The Hall–Kier alpha value is -1.27. The molecule has 0 radical (unpaired) electrons. The van der Waals surface area contributed by atoms with Gasteiger partial charge in [-0.1, -0.05) is 6.92 Å². The van der Waals surface area contributed by atoms with Crippen molar-refractivity contribution in [2.75, 3.05) is 0 Å². The largest absolute Gasteiger partial charge is 0.271 e. The maximum atomic E-state index is 12.2. The van der Waals surface area contributed by atoms with Crippen molar-refractivity contribution < 1.29 is 4.21 Å². The van der Waals surface area contributed by atoms with E-state index in [0.29, 0.717) is 0 Å². The number of nitrogens with one attached hydrogen (secondary N) is 1. The first-order valence-electron chi connectivity index (χ1n) is 7.32. The van der Waals surface area contributed by atoms with Crippen LogP contribution >= 0.6 is 0 Å². The zero-order chi connectivity index (χ0) is 15.6. The highest BCUT2D eigenvalue weighted by Crippen LogP contribution is 2.19. The van der Waals surface area contributed by atoms with Crippen molar-refractivity contribution in [2.24, 2.45) is 0 Å². The van der Waals surface area contributed by atoms with Crippen LogP contribution in [0.4, 0.5) is 0 Å². The van der Waals surface area contributed by atoms with Crippen molar-refractivity contribution in [3.8, 4) is 0 Å². The lowest BCUT2D eigenvalue weighted by Gasteiger charge is -2.21. The van der Waals surface area contributed by atoms with Gasteiger partial charge in [0, 0.05) is 18.1 Å². The molecule has 2 atom stereocenters. The van der Waals surface area contributed by atoms with Gasteiger partial charge < -0.3 is 0 Å². The van der Waals surface area contributed by atoms with Crippen molar-refractivity contribution >= 4 is 21.9 Å². The highest BCUT2D eigenvalue weighted by atomic mass is 32.2. The number of pyridine rings is 1. The average Bonchev–Trinajstić information content (AvgIpc) is 2.79. The van der Waals surface area contributed by atoms with E-state index in [0.717, 1.165) is 29.6 Å². The van der Waals surface area contributed by atoms with Gasteiger partial charge in [0.2, 0.25) is 0 Å². The summed E-state index contributed by atoms with van der Waals surface area (Å²) in [6.07, 6.45) is 4.88. The third-order valence-electron chi connectivity index (χ3n) is 3.20. The monoisotopic (exact) mass is 308 g/mol. The summed E-state index contributed by atoms with van der Waals surface area (Å²) in [6, 6.07) is 1.95. The van der Waals surface area contributed by atoms with Gasteiger partial charge in [0.1, 0.15) is 5.52 Å². The van der Waals surface area contributed by atoms with E-state index in [1.807, 2.05) is 44.6 Å². The molecule has 5 nitrogen and oxygen atoms in total. The average molecular weight is 308 g/mol. The zero-order valence-corrected chi connectivity index (χ0v) is 14.2. The molecular formula is C15H24N4OS. The van der Waals surface area contributed by atoms with E-state index >= 15 is 0 Å². The lowest BCUT2D eigenvalue weighted by atomic mass is 10.2. The molecule has 1 N–H and O–H groups in total. The summed E-state index contributed by atoms with van der Waals surface area (Å²) >= 11 is 0. The van der Waals surface area contributed by atoms with E-state index in [2.05, 4.69) is 21.7 Å². The fraction of sp³-hybridized carbons (Fsp3) is 0.600. The molecule has 6 heteroatoms. The van der Waals surface area contributed by atoms with Crippen molar-refractivity contribution in [1.29, 1.82) is 0 Å². The highest BCUT2D eigenvalue weighted by molar-refractivity contribution is 7.84. The minimum absolute atomic E-state index is 0.0658. The number of aromatic nitrogens is 3. The molecule has 0 spiro atoms. The number of nitrogens with zero attached hydrogens (tertiary/aromatic N) is 3. The Labute approximate surface area is 128 Å². The second-order valence-corrected chi connectivity index (χ2v) is 8.28. The molecule has 0 saturated heterocycles. The van der Waals surface area contributed by atoms with Gasteiger partial charge in [-0.3, -0.25) is 9.67 Å². The Morgan fingerprint density at radius 2 is 2.14 bits per heavy atom. The number of hydrogen-bond donors (Lipinski definition) is 1. The van der Waals surface area contributed by atoms with Crippen LogP contribution in [0.15, 0.2) is 18.5 Å². The van der Waals surface area contributed by atoms with E-state index < -0.39 is 11.0 Å². The summed E-state index contributed by atoms with van der Waals surface area (Å²) in [7, 11) is -1.11. The molecule has 116 valence electrons. The second kappa shape index (κ2) is 6.23. The van der Waals surface area contributed by atoms with Crippen LogP contribution in [-0.4, -0.2) is 23.7 Å². The zero-order valence-electron chi connectivity index (χ0n) is 13.4. The molecule has 0 bridgehead atoms. The smallest absolute Gasteiger partial charge is 0.111 e. The predicted molar refractivity (Wildman–Crippen MR) is 87.3 cm³/mol. The van der Waals surface area contributed by atoms with Gasteiger partial charge >= 0.3 is 0 Å². The summed E-state index contributed by atoms with van der Waals surface area (Å²) in [6.45, 7) is 10.9. The van der Waals surface area contributed by atoms with E-state index in [4.69, 9.17) is 0 Å². The molecular weight excluding hydrogens is 284 g/mol. The van der Waals surface area contributed by atoms with Crippen LogP contribution in [0, 0.1) is 0 Å². The summed E-state index contributed by atoms with van der Waals surface area (Å²) in [5, 5.41) is 5.55. The number of fused-ring (bicyclic) bond motifs is 1. The first-order valence-corrected chi connectivity index (χ1v) is 8.47. The van der Waals surface area contributed by atoms with Crippen molar-refractivity contribution in [2.45, 2.75) is 58.4 Å². The van der Waals surface area contributed by atoms with Gasteiger partial charge in [-0.2, -0.15) is 5.10 Å². The minimum Gasteiger partial charge on any atom is -0.271 e. The topological polar surface area (TPSA) is 59.8 Å². The SMILES string of the molecule is CCCn1cc2cc([C@@H](C)N[S@](=O)C(C)(C)C)ncc2n1. The molecule has 0 amide bonds. The van der Waals surface area contributed by atoms with Gasteiger partial charge in [-0.25, -0.2) is 8.93 Å². The summed E-state index contributed by atoms with van der Waals surface area (Å²) in [5.41, 5.74) is 1.78. The van der Waals surface area contributed by atoms with Gasteiger partial charge in [-0.15, -0.1) is 0 Å². The number of hydrogen-bond acceptors (Lipinski definition) is 3. The fourth-order valence-electron chi connectivity index (χ4n) is 1.97. The second-order valence-electron chi connectivity index (χ2n) is 6.28. The van der Waals surface area contributed by atoms with Gasteiger partial charge in [-0.05, 0) is 40.2 Å². The van der Waals surface area contributed by atoms with Crippen molar-refractivity contribution in [3.05, 3.63) is 24.2 Å². The van der Waals surface area contributed by atoms with E-state index in [1.54, 1.807) is 6.20 Å². The normalized spacial score (nSPS) is 15.3. The van der Waals surface area contributed by atoms with Crippen LogP contribution in [0.2, 0.25) is 0 Å². The first kappa shape index (κ1) is 16.1. The van der Waals surface area contributed by atoms with Gasteiger partial charge in [0.25, 0.3) is 0 Å². The molecule has 2 rings (SSSR count). The predicted octanol–water partition coefficient (Wildman–Crippen LogP) is 2.95. The van der Waals surface area contributed by atoms with Crippen LogP contribution in [0.1, 0.15) is 52.8 Å². The van der Waals surface area contributed by atoms with Crippen LogP contribution < -0.4 is 4.72 Å². The summed E-state index contributed by atoms with van der Waals surface area (Å²) in [4.78, 5) is 4.44. The Morgan fingerprint density at radius 1 is 1.43 bits per heavy atom. The fourth-order valence-corrected chi connectivity index (χ4v) is 2.77. The Balaban J connectivity index is 2.20. The lowest BCUT2D eigenvalue weighted by molar-refractivity contribution is 0.608. The molecule has 2 aromatic heterocycles. The molecule has 0 unspecified atom stereocenters. The Bertz CT molecular complexity index is 645. The van der Waals surface area contributed by atoms with Crippen LogP contribution in [0.25, 0.3) is 10.9 Å². The number of aryl methyl sites for hydroxylation is 1. The quantitative estimate of drug-likeness (QED) is 0.924. The molecule has 0 aliphatic carbocycles. The molecule has 0 fully saturated rings. The van der Waals surface area contributed by atoms with Crippen LogP contribution in [0.5, 0.6) is 0 Å². The van der Waals surface area contributed by atoms with Gasteiger partial charge in [0.05, 0.1) is 33.7 Å². The molecule has 21 heavy (non-hydrogen) atoms. The molecule has 2 aromatic rings. The standard InChI is InChI=1S/C15H24N4OS/c1-6-7-19-10-12-8-13(16-9-14(12)17-19)11(2)18-21(20)15(3,4)5/h8-11,18H,6-7H2,1-5H3/t11-,21-/m1/s1. The molecule has 0 aromatic carbocycles. The van der Waals surface area contributed by atoms with E-state index in [9.17, 15) is 4.21 Å². The third kappa shape index (κ3) is 3.89. The number of rotatable bonds is 5. The minimum atomic E-state index is -1.11. The van der Waals surface area contributed by atoms with E-state index in [1.165, 1.54) is 0 Å². The first-order chi connectivity index (χ1) is 9.81. The van der Waals surface area contributed by atoms with Crippen molar-refractivity contribution in [1.82, 2.24) is 19.5 Å². The van der Waals surface area contributed by atoms with Gasteiger partial charge in [0.15, 0.2) is 0 Å².